The van der Waals surface area contributed by atoms with Crippen LogP contribution in [0.2, 0.25) is 5.02 Å². The van der Waals surface area contributed by atoms with Crippen LogP contribution in [0.1, 0.15) is 41.5 Å². The van der Waals surface area contributed by atoms with Gasteiger partial charge in [-0.25, -0.2) is 17.6 Å². The Morgan fingerprint density at radius 1 is 1.31 bits per heavy atom. The molecule has 1 saturated heterocycles. The second-order valence-electron chi connectivity index (χ2n) is 7.62. The van der Waals surface area contributed by atoms with E-state index < -0.39 is 27.7 Å². The lowest BCUT2D eigenvalue weighted by Gasteiger charge is -2.31. The van der Waals surface area contributed by atoms with Crippen LogP contribution in [0.5, 0.6) is 0 Å². The number of piperidine rings is 1. The SMILES string of the molecule is CCOC(=O)c1c(C)[nH]c(C)c1S(=O)(=O)N1CCC[C@H](C(=O)Nc2ccc(F)c(Cl)c2)C1. The molecule has 1 fully saturated rings. The van der Waals surface area contributed by atoms with Crippen molar-refractivity contribution in [1.29, 1.82) is 0 Å². The molecule has 1 aliphatic rings. The van der Waals surface area contributed by atoms with E-state index in [-0.39, 0.29) is 41.1 Å². The number of H-pyrrole nitrogens is 1. The van der Waals surface area contributed by atoms with Crippen molar-refractivity contribution in [3.8, 4) is 0 Å². The van der Waals surface area contributed by atoms with Gasteiger partial charge in [-0.1, -0.05) is 11.6 Å². The molecule has 1 aromatic carbocycles. The third-order valence-corrected chi connectivity index (χ3v) is 7.66. The molecule has 1 aliphatic heterocycles. The van der Waals surface area contributed by atoms with E-state index in [9.17, 15) is 22.4 Å². The Morgan fingerprint density at radius 3 is 2.69 bits per heavy atom. The minimum Gasteiger partial charge on any atom is -0.462 e. The minimum absolute atomic E-state index is 0.0168. The standard InChI is InChI=1S/C21H25ClFN3O5S/c1-4-31-21(28)18-12(2)24-13(3)19(18)32(29,30)26-9-5-6-14(11-26)20(27)25-15-7-8-17(23)16(22)10-15/h7-8,10,14,24H,4-6,9,11H2,1-3H3,(H,25,27)/t14-/m0/s1. The lowest BCUT2D eigenvalue weighted by molar-refractivity contribution is -0.120. The fraction of sp³-hybridized carbons (Fsp3) is 0.429. The van der Waals surface area contributed by atoms with E-state index in [1.165, 1.54) is 16.4 Å². The molecule has 2 heterocycles. The highest BCUT2D eigenvalue weighted by Gasteiger charge is 2.38. The van der Waals surface area contributed by atoms with Crippen molar-refractivity contribution >= 4 is 39.2 Å². The molecule has 0 radical (unpaired) electrons. The Kier molecular flexibility index (Phi) is 7.26. The summed E-state index contributed by atoms with van der Waals surface area (Å²) in [6.07, 6.45) is 0.960. The van der Waals surface area contributed by atoms with E-state index in [1.54, 1.807) is 20.8 Å². The molecular weight excluding hydrogens is 461 g/mol. The van der Waals surface area contributed by atoms with Crippen LogP contribution in [-0.4, -0.2) is 49.3 Å². The van der Waals surface area contributed by atoms with Crippen LogP contribution in [0.15, 0.2) is 23.1 Å². The van der Waals surface area contributed by atoms with Gasteiger partial charge in [0.05, 0.1) is 17.5 Å². The molecule has 2 N–H and O–H groups in total. The summed E-state index contributed by atoms with van der Waals surface area (Å²) in [6, 6.07) is 3.82. The number of carbonyl (C=O) groups is 2. The number of aromatic amines is 1. The Morgan fingerprint density at radius 2 is 2.03 bits per heavy atom. The van der Waals surface area contributed by atoms with Gasteiger partial charge in [0.25, 0.3) is 0 Å². The molecule has 0 spiro atoms. The molecule has 174 valence electrons. The lowest BCUT2D eigenvalue weighted by atomic mass is 9.99. The third-order valence-electron chi connectivity index (χ3n) is 5.34. The second-order valence-corrected chi connectivity index (χ2v) is 9.90. The predicted octanol–water partition coefficient (Wildman–Crippen LogP) is 3.64. The first-order valence-corrected chi connectivity index (χ1v) is 12.0. The molecule has 8 nitrogen and oxygen atoms in total. The van der Waals surface area contributed by atoms with Gasteiger partial charge < -0.3 is 15.0 Å². The summed E-state index contributed by atoms with van der Waals surface area (Å²) in [4.78, 5) is 28.0. The molecule has 0 aliphatic carbocycles. The Balaban J connectivity index is 1.83. The van der Waals surface area contributed by atoms with Gasteiger partial charge in [-0.2, -0.15) is 4.31 Å². The Bertz CT molecular complexity index is 1150. The first-order valence-electron chi connectivity index (χ1n) is 10.2. The van der Waals surface area contributed by atoms with Gasteiger partial charge in [0.2, 0.25) is 15.9 Å². The number of nitrogens with one attached hydrogen (secondary N) is 2. The quantitative estimate of drug-likeness (QED) is 0.607. The van der Waals surface area contributed by atoms with Crippen LogP contribution in [0.25, 0.3) is 0 Å². The molecule has 0 unspecified atom stereocenters. The van der Waals surface area contributed by atoms with E-state index in [2.05, 4.69) is 10.3 Å². The van der Waals surface area contributed by atoms with Gasteiger partial charge in [-0.15, -0.1) is 0 Å². The van der Waals surface area contributed by atoms with Gasteiger partial charge in [-0.05, 0) is 51.8 Å². The molecule has 0 bridgehead atoms. The number of esters is 1. The van der Waals surface area contributed by atoms with Crippen molar-refractivity contribution in [3.05, 3.63) is 46.0 Å². The molecule has 2 aromatic rings. The number of rotatable bonds is 6. The summed E-state index contributed by atoms with van der Waals surface area (Å²) in [7, 11) is -4.07. The molecular formula is C21H25ClFN3O5S. The summed E-state index contributed by atoms with van der Waals surface area (Å²) in [5.41, 5.74) is 1.04. The van der Waals surface area contributed by atoms with E-state index >= 15 is 0 Å². The monoisotopic (exact) mass is 485 g/mol. The molecule has 11 heteroatoms. The number of ether oxygens (including phenoxy) is 1. The van der Waals surface area contributed by atoms with E-state index in [0.29, 0.717) is 29.9 Å². The number of halogens is 2. The highest BCUT2D eigenvalue weighted by molar-refractivity contribution is 7.89. The van der Waals surface area contributed by atoms with Gasteiger partial charge in [0.1, 0.15) is 16.3 Å². The van der Waals surface area contributed by atoms with Crippen LogP contribution in [0, 0.1) is 25.6 Å². The molecule has 1 atom stereocenters. The first kappa shape index (κ1) is 24.2. The number of hydrogen-bond acceptors (Lipinski definition) is 5. The van der Waals surface area contributed by atoms with Crippen LogP contribution in [-0.2, 0) is 19.6 Å². The summed E-state index contributed by atoms with van der Waals surface area (Å²) in [6.45, 7) is 5.12. The van der Waals surface area contributed by atoms with Crippen molar-refractivity contribution in [3.63, 3.8) is 0 Å². The maximum atomic E-state index is 13.5. The number of amides is 1. The fourth-order valence-corrected chi connectivity index (χ4v) is 5.97. The minimum atomic E-state index is -4.07. The number of sulfonamides is 1. The summed E-state index contributed by atoms with van der Waals surface area (Å²) in [5.74, 6) is -2.32. The van der Waals surface area contributed by atoms with E-state index in [0.717, 1.165) is 6.07 Å². The van der Waals surface area contributed by atoms with E-state index in [4.69, 9.17) is 16.3 Å². The molecule has 1 aromatic heterocycles. The Labute approximate surface area is 191 Å². The molecule has 3 rings (SSSR count). The highest BCUT2D eigenvalue weighted by Crippen LogP contribution is 2.31. The van der Waals surface area contributed by atoms with Gasteiger partial charge in [0.15, 0.2) is 0 Å². The maximum absolute atomic E-state index is 13.5. The molecule has 32 heavy (non-hydrogen) atoms. The first-order chi connectivity index (χ1) is 15.1. The molecule has 0 saturated carbocycles. The zero-order valence-electron chi connectivity index (χ0n) is 18.0. The number of hydrogen-bond donors (Lipinski definition) is 2. The molecule has 1 amide bonds. The highest BCUT2D eigenvalue weighted by atomic mass is 35.5. The summed E-state index contributed by atoms with van der Waals surface area (Å²) < 4.78 is 46.6. The topological polar surface area (TPSA) is 109 Å². The number of benzene rings is 1. The average Bonchev–Trinajstić information content (AvgIpc) is 3.05. The zero-order valence-corrected chi connectivity index (χ0v) is 19.6. The fourth-order valence-electron chi connectivity index (χ4n) is 3.85. The van der Waals surface area contributed by atoms with Crippen molar-refractivity contribution in [2.45, 2.75) is 38.5 Å². The van der Waals surface area contributed by atoms with Crippen molar-refractivity contribution in [1.82, 2.24) is 9.29 Å². The summed E-state index contributed by atoms with van der Waals surface area (Å²) in [5, 5.41) is 2.54. The van der Waals surface area contributed by atoms with E-state index in [1.807, 2.05) is 0 Å². The van der Waals surface area contributed by atoms with Crippen LogP contribution < -0.4 is 5.32 Å². The van der Waals surface area contributed by atoms with Crippen molar-refractivity contribution in [2.75, 3.05) is 25.0 Å². The zero-order chi connectivity index (χ0) is 23.6. The van der Waals surface area contributed by atoms with Gasteiger partial charge in [-0.3, -0.25) is 4.79 Å². The van der Waals surface area contributed by atoms with Crippen molar-refractivity contribution < 1.29 is 27.1 Å². The lowest BCUT2D eigenvalue weighted by Crippen LogP contribution is -2.44. The number of aromatic nitrogens is 1. The van der Waals surface area contributed by atoms with Gasteiger partial charge in [0, 0.05) is 30.2 Å². The van der Waals surface area contributed by atoms with Gasteiger partial charge >= 0.3 is 5.97 Å². The van der Waals surface area contributed by atoms with Crippen LogP contribution in [0.4, 0.5) is 10.1 Å². The second kappa shape index (κ2) is 9.60. The number of nitrogens with zero attached hydrogens (tertiary/aromatic N) is 1. The third kappa shape index (κ3) is 4.82. The van der Waals surface area contributed by atoms with Crippen molar-refractivity contribution in [2.24, 2.45) is 5.92 Å². The number of anilines is 1. The number of carbonyl (C=O) groups excluding carboxylic acids is 2. The summed E-state index contributed by atoms with van der Waals surface area (Å²) >= 11 is 5.76. The van der Waals surface area contributed by atoms with Crippen LogP contribution in [0.3, 0.4) is 0 Å². The number of aryl methyl sites for hydroxylation is 2. The Hall–Kier alpha value is -2.43. The average molecular weight is 486 g/mol. The predicted molar refractivity (Wildman–Crippen MR) is 118 cm³/mol. The smallest absolute Gasteiger partial charge is 0.341 e. The maximum Gasteiger partial charge on any atom is 0.341 e. The largest absolute Gasteiger partial charge is 0.462 e. The van der Waals surface area contributed by atoms with Crippen LogP contribution >= 0.6 is 11.6 Å². The normalized spacial score (nSPS) is 17.2.